The molecule has 8 bridgehead atoms. The van der Waals surface area contributed by atoms with E-state index in [4.69, 9.17) is 28.4 Å². The van der Waals surface area contributed by atoms with E-state index in [2.05, 4.69) is 0 Å². The van der Waals surface area contributed by atoms with Gasteiger partial charge in [0, 0.05) is 32.1 Å². The quantitative estimate of drug-likeness (QED) is 0.159. The molecule has 10 aliphatic rings. The minimum Gasteiger partial charge on any atom is -0.459 e. The van der Waals surface area contributed by atoms with Crippen LogP contribution in [-0.4, -0.2) is 71.6 Å². The number of carbonyl (C=O) groups excluding carboxylic acids is 4. The Morgan fingerprint density at radius 3 is 1.64 bits per heavy atom. The Morgan fingerprint density at radius 2 is 1.16 bits per heavy atom. The van der Waals surface area contributed by atoms with Crippen molar-refractivity contribution in [3.8, 4) is 0 Å². The van der Waals surface area contributed by atoms with Crippen molar-refractivity contribution in [3.63, 3.8) is 0 Å². The first kappa shape index (κ1) is 45.5. The Labute approximate surface area is 331 Å². The van der Waals surface area contributed by atoms with Crippen LogP contribution in [0.3, 0.4) is 0 Å². The minimum atomic E-state index is -1.03. The molecule has 0 aromatic rings. The average Bonchev–Trinajstić information content (AvgIpc) is 3.05. The van der Waals surface area contributed by atoms with E-state index in [0.29, 0.717) is 89.3 Å². The molecule has 316 valence electrons. The molecule has 11 nitrogen and oxygen atoms in total. The van der Waals surface area contributed by atoms with Gasteiger partial charge in [-0.3, -0.25) is 19.2 Å². The number of aliphatic hydroxyl groups is 1. The fourth-order valence-electron chi connectivity index (χ4n) is 12.8. The highest BCUT2D eigenvalue weighted by atomic mass is 16.7. The van der Waals surface area contributed by atoms with Gasteiger partial charge < -0.3 is 33.5 Å². The Hall–Kier alpha value is -2.24. The molecule has 0 aromatic carbocycles. The molecule has 2 saturated heterocycles. The second-order valence-corrected chi connectivity index (χ2v) is 18.6. The van der Waals surface area contributed by atoms with Crippen molar-refractivity contribution in [2.75, 3.05) is 13.2 Å². The third kappa shape index (κ3) is 8.79. The Kier molecular flexibility index (Phi) is 14.0. The Morgan fingerprint density at radius 1 is 0.655 bits per heavy atom. The second-order valence-electron chi connectivity index (χ2n) is 18.6. The van der Waals surface area contributed by atoms with Crippen molar-refractivity contribution in [1.82, 2.24) is 0 Å². The van der Waals surface area contributed by atoms with Crippen molar-refractivity contribution in [2.24, 2.45) is 40.4 Å². The van der Waals surface area contributed by atoms with Crippen LogP contribution in [-0.2, 0) is 47.6 Å². The summed E-state index contributed by atoms with van der Waals surface area (Å²) in [6, 6.07) is 0. The molecule has 8 atom stereocenters. The van der Waals surface area contributed by atoms with Crippen molar-refractivity contribution >= 4 is 23.9 Å². The zero-order valence-electron chi connectivity index (χ0n) is 30.6. The summed E-state index contributed by atoms with van der Waals surface area (Å²) in [6.45, 7) is 4.82. The molecule has 10 rings (SSSR count). The fourth-order valence-corrected chi connectivity index (χ4v) is 12.8. The summed E-state index contributed by atoms with van der Waals surface area (Å²) in [6.07, 6.45) is 11.9. The van der Waals surface area contributed by atoms with Crippen molar-refractivity contribution < 1.29 is 52.7 Å². The van der Waals surface area contributed by atoms with Gasteiger partial charge in [-0.1, -0.05) is 43.6 Å². The predicted molar refractivity (Wildman–Crippen MR) is 207 cm³/mol. The minimum absolute atomic E-state index is 0. The Bertz CT molecular complexity index is 1320. The van der Waals surface area contributed by atoms with Crippen LogP contribution >= 0.6 is 0 Å². The van der Waals surface area contributed by atoms with E-state index < -0.39 is 58.0 Å². The second kappa shape index (κ2) is 16.9. The van der Waals surface area contributed by atoms with Gasteiger partial charge in [0.05, 0.1) is 41.5 Å². The molecule has 0 spiro atoms. The lowest BCUT2D eigenvalue weighted by atomic mass is 9.42. The first-order chi connectivity index (χ1) is 24.3. The number of hydrogen-bond donors (Lipinski definition) is 1. The molecule has 11 heteroatoms. The van der Waals surface area contributed by atoms with Gasteiger partial charge in [-0.25, -0.2) is 0 Å². The smallest absolute Gasteiger partial charge is 0.314 e. The standard InChI is InChI=1S/C40H58O11.4CH4/c1-3-29(12-25(2)32(41)50-39-18-26-13-27(19-39)17-38(45,16-26)24-39)33(42)51-40-20-28-14-36(22-40,34(43)48-30-8-4-6-10-46-30)21-37(15-28,23-40)35(44)49-31-9-5-7-11-47-31;;;;/h25-31,45H,3-24H2,1-2H3;4*1H4. The maximum atomic E-state index is 14.2. The maximum absolute atomic E-state index is 14.2. The van der Waals surface area contributed by atoms with E-state index in [9.17, 15) is 24.3 Å². The van der Waals surface area contributed by atoms with Crippen LogP contribution in [0.5, 0.6) is 0 Å². The van der Waals surface area contributed by atoms with E-state index in [0.717, 1.165) is 57.8 Å². The zero-order valence-corrected chi connectivity index (χ0v) is 30.6. The highest BCUT2D eigenvalue weighted by Gasteiger charge is 2.71. The van der Waals surface area contributed by atoms with Crippen LogP contribution in [0.15, 0.2) is 0 Å². The third-order valence-corrected chi connectivity index (χ3v) is 14.1. The molecular weight excluding hydrogens is 704 g/mol. The average molecular weight is 779 g/mol. The van der Waals surface area contributed by atoms with Gasteiger partial charge in [-0.05, 0) is 114 Å². The summed E-state index contributed by atoms with van der Waals surface area (Å²) in [7, 11) is 0. The lowest BCUT2D eigenvalue weighted by molar-refractivity contribution is -0.253. The number of carbonyl (C=O) groups is 4. The van der Waals surface area contributed by atoms with Crippen molar-refractivity contribution in [3.05, 3.63) is 0 Å². The molecule has 8 aliphatic carbocycles. The van der Waals surface area contributed by atoms with Crippen LogP contribution < -0.4 is 0 Å². The lowest BCUT2D eigenvalue weighted by Crippen LogP contribution is -2.66. The van der Waals surface area contributed by atoms with E-state index in [1.165, 1.54) is 0 Å². The molecule has 8 unspecified atom stereocenters. The van der Waals surface area contributed by atoms with Crippen LogP contribution in [0, 0.1) is 40.4 Å². The lowest BCUT2D eigenvalue weighted by Gasteiger charge is -2.63. The first-order valence-corrected chi connectivity index (χ1v) is 20.2. The molecule has 0 radical (unpaired) electrons. The molecule has 55 heavy (non-hydrogen) atoms. The summed E-state index contributed by atoms with van der Waals surface area (Å²) >= 11 is 0. The van der Waals surface area contributed by atoms with E-state index in [1.807, 2.05) is 13.8 Å². The number of rotatable bonds is 11. The molecule has 2 aliphatic heterocycles. The summed E-state index contributed by atoms with van der Waals surface area (Å²) in [5.74, 6) is -1.79. The van der Waals surface area contributed by atoms with Crippen LogP contribution in [0.4, 0.5) is 0 Å². The monoisotopic (exact) mass is 779 g/mol. The van der Waals surface area contributed by atoms with Crippen LogP contribution in [0.2, 0.25) is 0 Å². The number of esters is 4. The van der Waals surface area contributed by atoms with Gasteiger partial charge in [0.1, 0.15) is 11.2 Å². The molecule has 8 saturated carbocycles. The molecule has 2 heterocycles. The molecule has 1 N–H and O–H groups in total. The Balaban J connectivity index is 0.00000168. The van der Waals surface area contributed by atoms with Gasteiger partial charge in [0.25, 0.3) is 0 Å². The summed E-state index contributed by atoms with van der Waals surface area (Å²) in [4.78, 5) is 56.1. The van der Waals surface area contributed by atoms with Crippen molar-refractivity contribution in [1.29, 1.82) is 0 Å². The van der Waals surface area contributed by atoms with Crippen LogP contribution in [0.25, 0.3) is 0 Å². The maximum Gasteiger partial charge on any atom is 0.314 e. The van der Waals surface area contributed by atoms with E-state index in [1.54, 1.807) is 0 Å². The van der Waals surface area contributed by atoms with Gasteiger partial charge in [-0.2, -0.15) is 0 Å². The number of hydrogen-bond acceptors (Lipinski definition) is 11. The fraction of sp³-hybridized carbons (Fsp3) is 0.909. The van der Waals surface area contributed by atoms with Gasteiger partial charge in [-0.15, -0.1) is 0 Å². The summed E-state index contributed by atoms with van der Waals surface area (Å²) in [5, 5.41) is 11.2. The first-order valence-electron chi connectivity index (χ1n) is 20.2. The molecule has 0 aromatic heterocycles. The normalized spacial score (nSPS) is 41.5. The number of ether oxygens (including phenoxy) is 6. The van der Waals surface area contributed by atoms with Gasteiger partial charge in [0.2, 0.25) is 12.6 Å². The zero-order chi connectivity index (χ0) is 35.6. The predicted octanol–water partition coefficient (Wildman–Crippen LogP) is 8.60. The van der Waals surface area contributed by atoms with E-state index >= 15 is 0 Å². The summed E-state index contributed by atoms with van der Waals surface area (Å²) < 4.78 is 36.4. The SMILES string of the molecule is C.C.C.C.CCC(CC(C)C(=O)OC12CC3CC(CC(O)(C3)C1)C2)C(=O)OC12CC3CC(C(=O)OC4CCCCO4)(C1)CC(C(=O)OC1CCCCO1)(C3)C2. The van der Waals surface area contributed by atoms with Crippen LogP contribution in [0.1, 0.15) is 172 Å². The van der Waals surface area contributed by atoms with Crippen molar-refractivity contribution in [2.45, 2.75) is 201 Å². The molecular formula is C44H74O11. The van der Waals surface area contributed by atoms with Gasteiger partial charge >= 0.3 is 23.9 Å². The highest BCUT2D eigenvalue weighted by molar-refractivity contribution is 5.84. The third-order valence-electron chi connectivity index (χ3n) is 14.1. The van der Waals surface area contributed by atoms with E-state index in [-0.39, 0.29) is 60.0 Å². The topological polar surface area (TPSA) is 144 Å². The molecule has 0 amide bonds. The highest BCUT2D eigenvalue weighted by Crippen LogP contribution is 2.68. The summed E-state index contributed by atoms with van der Waals surface area (Å²) in [5.41, 5.74) is -4.35. The van der Waals surface area contributed by atoms with Gasteiger partial charge in [0.15, 0.2) is 0 Å². The molecule has 10 fully saturated rings. The largest absolute Gasteiger partial charge is 0.459 e.